The van der Waals surface area contributed by atoms with Gasteiger partial charge in [0.15, 0.2) is 0 Å². The Morgan fingerprint density at radius 2 is 1.79 bits per heavy atom. The summed E-state index contributed by atoms with van der Waals surface area (Å²) in [4.78, 5) is 12.2. The summed E-state index contributed by atoms with van der Waals surface area (Å²) in [5.74, 6) is 0.303. The van der Waals surface area contributed by atoms with Gasteiger partial charge in [-0.15, -0.1) is 10.2 Å². The van der Waals surface area contributed by atoms with Crippen molar-refractivity contribution in [3.63, 3.8) is 0 Å². The number of hydrogen-bond donors (Lipinski definition) is 2. The number of ether oxygens (including phenoxy) is 1. The molecule has 0 spiro atoms. The molecule has 0 bridgehead atoms. The molecule has 3 rings (SSSR count). The van der Waals surface area contributed by atoms with Gasteiger partial charge in [0.1, 0.15) is 5.75 Å². The zero-order valence-corrected chi connectivity index (χ0v) is 17.5. The minimum atomic E-state index is -3.90. The average Bonchev–Trinajstić information content (AvgIpc) is 3.22. The van der Waals surface area contributed by atoms with Crippen LogP contribution >= 0.6 is 11.3 Å². The lowest BCUT2D eigenvalue weighted by Crippen LogP contribution is -2.28. The monoisotopic (exact) mass is 432 g/mol. The minimum absolute atomic E-state index is 0.108. The number of aromatic nitrogens is 2. The van der Waals surface area contributed by atoms with Crippen molar-refractivity contribution in [2.45, 2.75) is 23.7 Å². The fraction of sp³-hybridized carbons (Fsp3) is 0.211. The van der Waals surface area contributed by atoms with Crippen molar-refractivity contribution in [2.24, 2.45) is 0 Å². The van der Waals surface area contributed by atoms with Crippen molar-refractivity contribution >= 4 is 32.4 Å². The fourth-order valence-corrected chi connectivity index (χ4v) is 4.81. The van der Waals surface area contributed by atoms with E-state index in [0.717, 1.165) is 16.9 Å². The van der Waals surface area contributed by atoms with Crippen LogP contribution in [0.3, 0.4) is 0 Å². The zero-order chi connectivity index (χ0) is 20.9. The normalized spacial score (nSPS) is 12.3. The van der Waals surface area contributed by atoms with E-state index >= 15 is 0 Å². The van der Waals surface area contributed by atoms with Crippen molar-refractivity contribution in [1.82, 2.24) is 14.9 Å². The topological polar surface area (TPSA) is 110 Å². The van der Waals surface area contributed by atoms with E-state index in [1.54, 1.807) is 61.7 Å². The minimum Gasteiger partial charge on any atom is -0.497 e. The predicted molar refractivity (Wildman–Crippen MR) is 111 cm³/mol. The lowest BCUT2D eigenvalue weighted by molar-refractivity contribution is 0.102. The molecular formula is C19H20N4O4S2. The Morgan fingerprint density at radius 1 is 1.10 bits per heavy atom. The van der Waals surface area contributed by atoms with Crippen LogP contribution in [0.4, 0.5) is 5.13 Å². The Labute approximate surface area is 173 Å². The third kappa shape index (κ3) is 5.17. The van der Waals surface area contributed by atoms with Crippen LogP contribution in [0.5, 0.6) is 5.75 Å². The summed E-state index contributed by atoms with van der Waals surface area (Å²) in [7, 11) is -2.33. The summed E-state index contributed by atoms with van der Waals surface area (Å²) in [6, 6.07) is 15.3. The Kier molecular flexibility index (Phi) is 6.57. The summed E-state index contributed by atoms with van der Waals surface area (Å²) in [6.07, 6.45) is 0.544. The first-order valence-corrected chi connectivity index (χ1v) is 11.1. The lowest BCUT2D eigenvalue weighted by atomic mass is 10.1. The smallest absolute Gasteiger partial charge is 0.270 e. The highest BCUT2D eigenvalue weighted by atomic mass is 32.2. The van der Waals surface area contributed by atoms with Gasteiger partial charge in [0, 0.05) is 11.6 Å². The number of anilines is 1. The second-order valence-corrected chi connectivity index (χ2v) is 8.91. The van der Waals surface area contributed by atoms with Gasteiger partial charge < -0.3 is 4.74 Å². The molecule has 2 aromatic carbocycles. The van der Waals surface area contributed by atoms with Crippen LogP contribution in [0.2, 0.25) is 0 Å². The summed E-state index contributed by atoms with van der Waals surface area (Å²) in [6.45, 7) is 1.88. The number of hydrogen-bond acceptors (Lipinski definition) is 7. The van der Waals surface area contributed by atoms with Crippen molar-refractivity contribution in [3.8, 4) is 5.75 Å². The number of amides is 1. The van der Waals surface area contributed by atoms with E-state index < -0.39 is 16.1 Å². The number of nitrogens with zero attached hydrogens (tertiary/aromatic N) is 2. The maximum atomic E-state index is 12.7. The number of nitrogens with one attached hydrogen (secondary N) is 2. The Balaban J connectivity index is 1.72. The first-order valence-electron chi connectivity index (χ1n) is 8.79. The number of sulfonamides is 1. The second kappa shape index (κ2) is 9.12. The van der Waals surface area contributed by atoms with Crippen LogP contribution in [0, 0.1) is 0 Å². The quantitative estimate of drug-likeness (QED) is 0.529. The van der Waals surface area contributed by atoms with E-state index in [9.17, 15) is 13.2 Å². The highest BCUT2D eigenvalue weighted by molar-refractivity contribution is 7.91. The maximum absolute atomic E-state index is 12.7. The fourth-order valence-electron chi connectivity index (χ4n) is 2.59. The molecule has 0 saturated carbocycles. The van der Waals surface area contributed by atoms with Crippen LogP contribution in [0.1, 0.15) is 35.3 Å². The predicted octanol–water partition coefficient (Wildman–Crippen LogP) is 3.23. The van der Waals surface area contributed by atoms with Gasteiger partial charge in [0.05, 0.1) is 7.11 Å². The molecule has 152 valence electrons. The van der Waals surface area contributed by atoms with Crippen molar-refractivity contribution in [3.05, 3.63) is 65.7 Å². The van der Waals surface area contributed by atoms with Gasteiger partial charge in [-0.1, -0.05) is 48.6 Å². The van der Waals surface area contributed by atoms with Crippen LogP contribution in [0.25, 0.3) is 0 Å². The number of carbonyl (C=O) groups excluding carboxylic acids is 1. The van der Waals surface area contributed by atoms with Crippen molar-refractivity contribution in [1.29, 1.82) is 0 Å². The van der Waals surface area contributed by atoms with Gasteiger partial charge in [0.25, 0.3) is 15.9 Å². The number of methoxy groups -OCH3 is 1. The standard InChI is InChI=1S/C19H20N4O4S2/c1-3-16(13-9-11-15(27-2)12-10-13)23-29(25,26)19-22-21-18(28-19)20-17(24)14-7-5-4-6-8-14/h4-12,16,23H,3H2,1-2H3,(H,20,21,24)/t16-/m1/s1. The molecule has 1 amide bonds. The van der Waals surface area contributed by atoms with E-state index in [-0.39, 0.29) is 15.4 Å². The first-order chi connectivity index (χ1) is 13.9. The highest BCUT2D eigenvalue weighted by Gasteiger charge is 2.25. The SMILES string of the molecule is CC[C@@H](NS(=O)(=O)c1nnc(NC(=O)c2ccccc2)s1)c1ccc(OC)cc1. The molecule has 1 heterocycles. The van der Waals surface area contributed by atoms with E-state index in [1.165, 1.54) is 0 Å². The van der Waals surface area contributed by atoms with Crippen LogP contribution in [-0.2, 0) is 10.0 Å². The maximum Gasteiger partial charge on any atom is 0.270 e. The van der Waals surface area contributed by atoms with Crippen LogP contribution < -0.4 is 14.8 Å². The van der Waals surface area contributed by atoms with Crippen molar-refractivity contribution < 1.29 is 17.9 Å². The number of rotatable bonds is 8. The molecule has 2 N–H and O–H groups in total. The molecule has 0 aliphatic carbocycles. The molecule has 1 atom stereocenters. The third-order valence-corrected chi connectivity index (χ3v) is 6.79. The Bertz CT molecular complexity index is 1070. The summed E-state index contributed by atoms with van der Waals surface area (Å²) in [5.41, 5.74) is 1.25. The molecule has 0 unspecified atom stereocenters. The second-order valence-electron chi connectivity index (χ2n) is 6.05. The van der Waals surface area contributed by atoms with E-state index in [4.69, 9.17) is 4.74 Å². The molecule has 0 aliphatic heterocycles. The van der Waals surface area contributed by atoms with Crippen LogP contribution in [0.15, 0.2) is 58.9 Å². The van der Waals surface area contributed by atoms with Gasteiger partial charge in [0.2, 0.25) is 9.47 Å². The molecule has 3 aromatic rings. The molecule has 29 heavy (non-hydrogen) atoms. The molecule has 0 radical (unpaired) electrons. The molecular weight excluding hydrogens is 412 g/mol. The van der Waals surface area contributed by atoms with Gasteiger partial charge >= 0.3 is 0 Å². The summed E-state index contributed by atoms with van der Waals surface area (Å²) in [5, 5.41) is 10.2. The largest absolute Gasteiger partial charge is 0.497 e. The Morgan fingerprint density at radius 3 is 2.41 bits per heavy atom. The highest BCUT2D eigenvalue weighted by Crippen LogP contribution is 2.25. The van der Waals surface area contributed by atoms with E-state index in [0.29, 0.717) is 17.7 Å². The third-order valence-electron chi connectivity index (χ3n) is 4.12. The van der Waals surface area contributed by atoms with Gasteiger partial charge in [-0.05, 0) is 36.2 Å². The zero-order valence-electron chi connectivity index (χ0n) is 15.8. The lowest BCUT2D eigenvalue weighted by Gasteiger charge is -2.16. The molecule has 1 aromatic heterocycles. The van der Waals surface area contributed by atoms with Gasteiger partial charge in [-0.2, -0.15) is 0 Å². The summed E-state index contributed by atoms with van der Waals surface area (Å²) >= 11 is 0.792. The van der Waals surface area contributed by atoms with Gasteiger partial charge in [-0.3, -0.25) is 10.1 Å². The molecule has 8 nitrogen and oxygen atoms in total. The Hall–Kier alpha value is -2.82. The van der Waals surface area contributed by atoms with Crippen molar-refractivity contribution in [2.75, 3.05) is 12.4 Å². The number of benzene rings is 2. The molecule has 10 heteroatoms. The number of carbonyl (C=O) groups is 1. The van der Waals surface area contributed by atoms with E-state index in [2.05, 4.69) is 20.2 Å². The van der Waals surface area contributed by atoms with E-state index in [1.807, 2.05) is 6.92 Å². The first kappa shape index (κ1) is 20.9. The summed E-state index contributed by atoms with van der Waals surface area (Å²) < 4.78 is 33.0. The van der Waals surface area contributed by atoms with Gasteiger partial charge in [-0.25, -0.2) is 13.1 Å². The molecule has 0 fully saturated rings. The van der Waals surface area contributed by atoms with Crippen LogP contribution in [-0.4, -0.2) is 31.6 Å². The molecule has 0 aliphatic rings. The average molecular weight is 433 g/mol. The molecule has 0 saturated heterocycles.